The van der Waals surface area contributed by atoms with Crippen molar-refractivity contribution in [3.63, 3.8) is 0 Å². The highest BCUT2D eigenvalue weighted by Crippen LogP contribution is 2.32. The molecule has 1 atom stereocenters. The number of nitrogens with one attached hydrogen (secondary N) is 2. The predicted octanol–water partition coefficient (Wildman–Crippen LogP) is 4.54. The lowest BCUT2D eigenvalue weighted by atomic mass is 9.99. The highest BCUT2D eigenvalue weighted by atomic mass is 15.3. The molecule has 6 heteroatoms. The van der Waals surface area contributed by atoms with E-state index in [0.29, 0.717) is 11.9 Å². The highest BCUT2D eigenvalue weighted by molar-refractivity contribution is 5.91. The van der Waals surface area contributed by atoms with E-state index in [4.69, 9.17) is 4.98 Å². The lowest BCUT2D eigenvalue weighted by Gasteiger charge is -2.28. The Balaban J connectivity index is 1.57. The fourth-order valence-corrected chi connectivity index (χ4v) is 3.94. The van der Waals surface area contributed by atoms with Gasteiger partial charge < -0.3 is 10.2 Å². The van der Waals surface area contributed by atoms with Crippen LogP contribution in [0, 0.1) is 5.92 Å². The Bertz CT molecular complexity index is 904. The van der Waals surface area contributed by atoms with E-state index in [1.54, 1.807) is 0 Å². The van der Waals surface area contributed by atoms with E-state index in [1.165, 1.54) is 31.2 Å². The smallest absolute Gasteiger partial charge is 0.226 e. The molecule has 28 heavy (non-hydrogen) atoms. The summed E-state index contributed by atoms with van der Waals surface area (Å²) < 4.78 is 0. The van der Waals surface area contributed by atoms with Gasteiger partial charge in [-0.2, -0.15) is 15.1 Å². The Kier molecular flexibility index (Phi) is 5.74. The van der Waals surface area contributed by atoms with Gasteiger partial charge in [-0.1, -0.05) is 63.4 Å². The number of hydrogen-bond donors (Lipinski definition) is 2. The van der Waals surface area contributed by atoms with Crippen LogP contribution in [-0.4, -0.2) is 33.3 Å². The van der Waals surface area contributed by atoms with Crippen molar-refractivity contribution in [2.24, 2.45) is 5.92 Å². The number of anilines is 2. The second-order valence-corrected chi connectivity index (χ2v) is 7.73. The standard InChI is InChI=1S/C22H30N6/c1-3-5-9-16(4-2)14-23-22-24-20-19-18(26-27-20)12-13-28(21(19)25-22)15-17-10-7-6-8-11-17/h6-8,10-11,16H,3-5,9,12-15H2,1-2H3,(H2,23,24,25,26,27). The molecule has 0 saturated carbocycles. The second-order valence-electron chi connectivity index (χ2n) is 7.73. The first-order valence-corrected chi connectivity index (χ1v) is 10.6. The first-order chi connectivity index (χ1) is 13.8. The van der Waals surface area contributed by atoms with Crippen molar-refractivity contribution in [1.29, 1.82) is 0 Å². The molecule has 3 heterocycles. The van der Waals surface area contributed by atoms with E-state index in [9.17, 15) is 0 Å². The molecule has 2 N–H and O–H groups in total. The van der Waals surface area contributed by atoms with Crippen LogP contribution in [0.15, 0.2) is 30.3 Å². The van der Waals surface area contributed by atoms with Crippen LogP contribution in [-0.2, 0) is 13.0 Å². The first kappa shape index (κ1) is 18.7. The summed E-state index contributed by atoms with van der Waals surface area (Å²) in [6, 6.07) is 10.6. The molecule has 2 aromatic heterocycles. The molecular formula is C22H30N6. The Morgan fingerprint density at radius 1 is 1.18 bits per heavy atom. The number of aromatic amines is 1. The molecule has 0 bridgehead atoms. The van der Waals surface area contributed by atoms with Gasteiger partial charge in [-0.25, -0.2) is 0 Å². The summed E-state index contributed by atoms with van der Waals surface area (Å²) in [6.45, 7) is 7.21. The van der Waals surface area contributed by atoms with Crippen molar-refractivity contribution >= 4 is 22.8 Å². The molecule has 0 fully saturated rings. The minimum absolute atomic E-state index is 0.658. The number of rotatable bonds is 9. The largest absolute Gasteiger partial charge is 0.354 e. The maximum Gasteiger partial charge on any atom is 0.226 e. The van der Waals surface area contributed by atoms with Crippen LogP contribution in [0.3, 0.4) is 0 Å². The number of nitrogens with zero attached hydrogens (tertiary/aromatic N) is 4. The number of hydrogen-bond acceptors (Lipinski definition) is 5. The maximum atomic E-state index is 4.91. The molecule has 1 aliphatic heterocycles. The molecule has 3 aromatic rings. The normalized spacial score (nSPS) is 14.4. The molecule has 6 nitrogen and oxygen atoms in total. The Morgan fingerprint density at radius 3 is 2.82 bits per heavy atom. The third kappa shape index (κ3) is 3.96. The molecule has 4 rings (SSSR count). The lowest BCUT2D eigenvalue weighted by molar-refractivity contribution is 0.472. The maximum absolute atomic E-state index is 4.91. The van der Waals surface area contributed by atoms with Gasteiger partial charge in [-0.15, -0.1) is 0 Å². The first-order valence-electron chi connectivity index (χ1n) is 10.6. The average molecular weight is 379 g/mol. The summed E-state index contributed by atoms with van der Waals surface area (Å²) in [7, 11) is 0. The van der Waals surface area contributed by atoms with Gasteiger partial charge in [-0.3, -0.25) is 5.10 Å². The van der Waals surface area contributed by atoms with Gasteiger partial charge in [0.2, 0.25) is 5.95 Å². The van der Waals surface area contributed by atoms with E-state index in [0.717, 1.165) is 48.6 Å². The zero-order valence-electron chi connectivity index (χ0n) is 16.9. The van der Waals surface area contributed by atoms with Crippen LogP contribution in [0.1, 0.15) is 50.8 Å². The van der Waals surface area contributed by atoms with Crippen LogP contribution in [0.2, 0.25) is 0 Å². The number of H-pyrrole nitrogens is 1. The minimum Gasteiger partial charge on any atom is -0.354 e. The van der Waals surface area contributed by atoms with Gasteiger partial charge in [0.1, 0.15) is 5.82 Å². The zero-order valence-corrected chi connectivity index (χ0v) is 16.9. The number of aromatic nitrogens is 4. The quantitative estimate of drug-likeness (QED) is 0.572. The predicted molar refractivity (Wildman–Crippen MR) is 115 cm³/mol. The summed E-state index contributed by atoms with van der Waals surface area (Å²) in [6.07, 6.45) is 5.89. The number of unbranched alkanes of at least 4 members (excludes halogenated alkanes) is 1. The van der Waals surface area contributed by atoms with E-state index in [2.05, 4.69) is 69.6 Å². The molecule has 1 aromatic carbocycles. The van der Waals surface area contributed by atoms with E-state index < -0.39 is 0 Å². The summed E-state index contributed by atoms with van der Waals surface area (Å²) in [4.78, 5) is 11.9. The van der Waals surface area contributed by atoms with Crippen molar-refractivity contribution in [2.75, 3.05) is 23.3 Å². The molecule has 1 aliphatic rings. The second kappa shape index (κ2) is 8.59. The Hall–Kier alpha value is -2.63. The van der Waals surface area contributed by atoms with E-state index >= 15 is 0 Å². The van der Waals surface area contributed by atoms with Gasteiger partial charge in [0.25, 0.3) is 0 Å². The average Bonchev–Trinajstić information content (AvgIpc) is 3.15. The van der Waals surface area contributed by atoms with Crippen LogP contribution in [0.25, 0.3) is 11.0 Å². The Labute approximate surface area is 166 Å². The molecule has 1 unspecified atom stereocenters. The third-order valence-electron chi connectivity index (χ3n) is 5.71. The van der Waals surface area contributed by atoms with Gasteiger partial charge in [0.05, 0.1) is 11.1 Å². The molecule has 0 saturated heterocycles. The number of benzene rings is 1. The lowest BCUT2D eigenvalue weighted by Crippen LogP contribution is -2.30. The van der Waals surface area contributed by atoms with Crippen LogP contribution < -0.4 is 10.2 Å². The molecule has 0 spiro atoms. The summed E-state index contributed by atoms with van der Waals surface area (Å²) in [5, 5.41) is 12.2. The molecular weight excluding hydrogens is 348 g/mol. The van der Waals surface area contributed by atoms with Crippen molar-refractivity contribution < 1.29 is 0 Å². The third-order valence-corrected chi connectivity index (χ3v) is 5.71. The van der Waals surface area contributed by atoms with Crippen LogP contribution >= 0.6 is 0 Å². The Morgan fingerprint density at radius 2 is 2.04 bits per heavy atom. The van der Waals surface area contributed by atoms with Crippen molar-refractivity contribution in [1.82, 2.24) is 20.2 Å². The van der Waals surface area contributed by atoms with Crippen LogP contribution in [0.4, 0.5) is 11.8 Å². The van der Waals surface area contributed by atoms with Gasteiger partial charge in [-0.05, 0) is 17.9 Å². The molecule has 0 amide bonds. The zero-order chi connectivity index (χ0) is 19.3. The minimum atomic E-state index is 0.658. The fourth-order valence-electron chi connectivity index (χ4n) is 3.94. The van der Waals surface area contributed by atoms with Gasteiger partial charge in [0, 0.05) is 26.1 Å². The monoisotopic (exact) mass is 378 g/mol. The summed E-state index contributed by atoms with van der Waals surface area (Å²) in [5.74, 6) is 2.34. The molecule has 0 radical (unpaired) electrons. The topological polar surface area (TPSA) is 69.7 Å². The highest BCUT2D eigenvalue weighted by Gasteiger charge is 2.24. The van der Waals surface area contributed by atoms with Crippen molar-refractivity contribution in [3.8, 4) is 0 Å². The van der Waals surface area contributed by atoms with Crippen molar-refractivity contribution in [3.05, 3.63) is 41.6 Å². The SMILES string of the molecule is CCCCC(CC)CNc1nc2c3c([nH]nc3n1)CCN2Cc1ccccc1. The molecule has 148 valence electrons. The van der Waals surface area contributed by atoms with E-state index in [1.807, 2.05) is 0 Å². The van der Waals surface area contributed by atoms with Crippen LogP contribution in [0.5, 0.6) is 0 Å². The molecule has 0 aliphatic carbocycles. The van der Waals surface area contributed by atoms with Gasteiger partial charge >= 0.3 is 0 Å². The summed E-state index contributed by atoms with van der Waals surface area (Å²) in [5.41, 5.74) is 3.21. The van der Waals surface area contributed by atoms with Crippen molar-refractivity contribution in [2.45, 2.75) is 52.5 Å². The van der Waals surface area contributed by atoms with E-state index in [-0.39, 0.29) is 0 Å². The fraction of sp³-hybridized carbons (Fsp3) is 0.500. The summed E-state index contributed by atoms with van der Waals surface area (Å²) >= 11 is 0. The van der Waals surface area contributed by atoms with Gasteiger partial charge in [0.15, 0.2) is 5.65 Å².